The average Bonchev–Trinajstić information content (AvgIpc) is 3.02. The van der Waals surface area contributed by atoms with Gasteiger partial charge in [0.1, 0.15) is 23.2 Å². The van der Waals surface area contributed by atoms with E-state index in [0.29, 0.717) is 12.3 Å². The minimum Gasteiger partial charge on any atom is -0.384 e. The highest BCUT2D eigenvalue weighted by Crippen LogP contribution is 2.26. The zero-order chi connectivity index (χ0) is 18.9. The summed E-state index contributed by atoms with van der Waals surface area (Å²) in [6, 6.07) is -0.486. The molecule has 0 aromatic carbocycles. The van der Waals surface area contributed by atoms with E-state index in [2.05, 4.69) is 10.3 Å². The largest absolute Gasteiger partial charge is 0.384 e. The van der Waals surface area contributed by atoms with Crippen molar-refractivity contribution in [2.75, 3.05) is 19.7 Å². The van der Waals surface area contributed by atoms with Gasteiger partial charge in [-0.05, 0) is 33.6 Å². The smallest absolute Gasteiger partial charge is 0.271 e. The van der Waals surface area contributed by atoms with E-state index in [4.69, 9.17) is 4.74 Å². The first kappa shape index (κ1) is 18.8. The van der Waals surface area contributed by atoms with Crippen LogP contribution < -0.4 is 5.32 Å². The molecule has 2 unspecified atom stereocenters. The molecule has 1 saturated heterocycles. The van der Waals surface area contributed by atoms with E-state index >= 15 is 0 Å². The van der Waals surface area contributed by atoms with E-state index in [1.54, 1.807) is 24.9 Å². The molecule has 0 radical (unpaired) electrons. The van der Waals surface area contributed by atoms with E-state index in [9.17, 15) is 14.7 Å². The summed E-state index contributed by atoms with van der Waals surface area (Å²) in [6.07, 6.45) is 4.34. The Balaban J connectivity index is 1.55. The number of β-amino-alcohol motifs (C(OH)–C–C–N with tert-alkyl or cyclic N) is 1. The summed E-state index contributed by atoms with van der Waals surface area (Å²) >= 11 is 0. The molecular weight excluding hydrogens is 336 g/mol. The summed E-state index contributed by atoms with van der Waals surface area (Å²) < 4.78 is 7.32. The van der Waals surface area contributed by atoms with Crippen LogP contribution in [0.5, 0.6) is 0 Å². The highest BCUT2D eigenvalue weighted by atomic mass is 16.5. The summed E-state index contributed by atoms with van der Waals surface area (Å²) in [6.45, 7) is 7.02. The highest BCUT2D eigenvalue weighted by molar-refractivity contribution is 5.92. The molecule has 8 nitrogen and oxygen atoms in total. The fraction of sp³-hybridized carbons (Fsp3) is 0.722. The number of nitrogens with zero attached hydrogens (tertiary/aromatic N) is 3. The molecule has 0 spiro atoms. The maximum absolute atomic E-state index is 12.5. The minimum atomic E-state index is -1.13. The third-order valence-electron chi connectivity index (χ3n) is 5.30. The van der Waals surface area contributed by atoms with Gasteiger partial charge in [0.25, 0.3) is 11.8 Å². The first-order chi connectivity index (χ1) is 12.3. The summed E-state index contributed by atoms with van der Waals surface area (Å²) in [5, 5.41) is 13.5. The fourth-order valence-corrected chi connectivity index (χ4v) is 3.55. The van der Waals surface area contributed by atoms with Gasteiger partial charge in [0.2, 0.25) is 0 Å². The Morgan fingerprint density at radius 1 is 1.38 bits per heavy atom. The molecule has 0 aliphatic carbocycles. The summed E-state index contributed by atoms with van der Waals surface area (Å²) in [5.74, 6) is 0.509. The van der Waals surface area contributed by atoms with Crippen molar-refractivity contribution in [3.63, 3.8) is 0 Å². The molecule has 8 heteroatoms. The van der Waals surface area contributed by atoms with Crippen LogP contribution in [0, 0.1) is 0 Å². The van der Waals surface area contributed by atoms with Gasteiger partial charge >= 0.3 is 0 Å². The number of rotatable bonds is 6. The summed E-state index contributed by atoms with van der Waals surface area (Å²) in [4.78, 5) is 30.6. The number of amides is 2. The molecule has 26 heavy (non-hydrogen) atoms. The Bertz CT molecular complexity index is 657. The molecular formula is C18H28N4O4. The Morgan fingerprint density at radius 2 is 2.12 bits per heavy atom. The molecule has 0 saturated carbocycles. The minimum absolute atomic E-state index is 0.142. The van der Waals surface area contributed by atoms with Gasteiger partial charge in [-0.1, -0.05) is 0 Å². The molecule has 1 fully saturated rings. The molecule has 2 N–H and O–H groups in total. The summed E-state index contributed by atoms with van der Waals surface area (Å²) in [7, 11) is 0. The van der Waals surface area contributed by atoms with Crippen molar-refractivity contribution in [1.29, 1.82) is 0 Å². The maximum Gasteiger partial charge on any atom is 0.271 e. The van der Waals surface area contributed by atoms with Crippen LogP contribution in [-0.2, 0) is 22.5 Å². The van der Waals surface area contributed by atoms with Crippen molar-refractivity contribution < 1.29 is 19.4 Å². The molecule has 3 rings (SSSR count). The average molecular weight is 364 g/mol. The summed E-state index contributed by atoms with van der Waals surface area (Å²) in [5.41, 5.74) is -0.745. The number of imidazole rings is 1. The van der Waals surface area contributed by atoms with Crippen LogP contribution in [0.15, 0.2) is 6.20 Å². The van der Waals surface area contributed by atoms with Crippen molar-refractivity contribution in [3.05, 3.63) is 17.7 Å². The van der Waals surface area contributed by atoms with E-state index in [1.165, 1.54) is 0 Å². The number of nitrogens with one attached hydrogen (secondary N) is 1. The van der Waals surface area contributed by atoms with Crippen molar-refractivity contribution in [3.8, 4) is 0 Å². The fourth-order valence-electron chi connectivity index (χ4n) is 3.55. The number of ether oxygens (including phenoxy) is 1. The number of carbonyl (C=O) groups excluding carboxylic acids is 2. The normalized spacial score (nSPS) is 20.7. The number of aliphatic hydroxyl groups is 1. The van der Waals surface area contributed by atoms with Gasteiger partial charge < -0.3 is 24.6 Å². The van der Waals surface area contributed by atoms with Gasteiger partial charge in [0.05, 0.1) is 19.1 Å². The highest BCUT2D eigenvalue weighted by Gasteiger charge is 2.49. The Morgan fingerprint density at radius 3 is 2.77 bits per heavy atom. The number of aryl methyl sites for hydroxylation is 2. The van der Waals surface area contributed by atoms with Crippen LogP contribution in [0.25, 0.3) is 0 Å². The van der Waals surface area contributed by atoms with Gasteiger partial charge in [0, 0.05) is 25.8 Å². The number of hydrogen-bond acceptors (Lipinski definition) is 5. The SMILES string of the molecule is CCOC(C)C(=O)N1CC(O)(C(C)NC(=O)c2cn3c(n2)CCCC3)C1. The first-order valence-electron chi connectivity index (χ1n) is 9.33. The molecule has 2 amide bonds. The molecule has 1 aromatic rings. The third kappa shape index (κ3) is 3.61. The predicted molar refractivity (Wildman–Crippen MR) is 94.7 cm³/mol. The molecule has 0 bridgehead atoms. The second-order valence-corrected chi connectivity index (χ2v) is 7.28. The van der Waals surface area contributed by atoms with Crippen LogP contribution >= 0.6 is 0 Å². The quantitative estimate of drug-likeness (QED) is 0.759. The lowest BCUT2D eigenvalue weighted by molar-refractivity contribution is -0.169. The molecule has 2 aliphatic rings. The standard InChI is InChI=1S/C18H28N4O4/c1-4-26-12(2)17(24)22-10-18(25,11-22)13(3)19-16(23)14-9-21-8-6-5-7-15(21)20-14/h9,12-13,25H,4-8,10-11H2,1-3H3,(H,19,23). The number of aromatic nitrogens is 2. The zero-order valence-electron chi connectivity index (χ0n) is 15.7. The van der Waals surface area contributed by atoms with E-state index < -0.39 is 17.7 Å². The Kier molecular flexibility index (Phi) is 5.34. The van der Waals surface area contributed by atoms with Crippen molar-refractivity contribution in [2.45, 2.75) is 64.3 Å². The van der Waals surface area contributed by atoms with Crippen molar-refractivity contribution in [1.82, 2.24) is 19.8 Å². The topological polar surface area (TPSA) is 96.7 Å². The van der Waals surface area contributed by atoms with Gasteiger partial charge in [-0.2, -0.15) is 0 Å². The second-order valence-electron chi connectivity index (χ2n) is 7.28. The van der Waals surface area contributed by atoms with E-state index in [0.717, 1.165) is 31.6 Å². The molecule has 2 atom stereocenters. The van der Waals surface area contributed by atoms with E-state index in [1.807, 2.05) is 11.5 Å². The Hall–Kier alpha value is -1.93. The van der Waals surface area contributed by atoms with Crippen LogP contribution in [0.3, 0.4) is 0 Å². The number of likely N-dealkylation sites (tertiary alicyclic amines) is 1. The first-order valence-corrected chi connectivity index (χ1v) is 9.33. The second kappa shape index (κ2) is 7.36. The van der Waals surface area contributed by atoms with Crippen molar-refractivity contribution in [2.24, 2.45) is 0 Å². The molecule has 2 aliphatic heterocycles. The van der Waals surface area contributed by atoms with Gasteiger partial charge in [0.15, 0.2) is 0 Å². The predicted octanol–water partition coefficient (Wildman–Crippen LogP) is 0.336. The third-order valence-corrected chi connectivity index (χ3v) is 5.30. The zero-order valence-corrected chi connectivity index (χ0v) is 15.7. The number of hydrogen-bond donors (Lipinski definition) is 2. The van der Waals surface area contributed by atoms with Crippen LogP contribution in [0.2, 0.25) is 0 Å². The van der Waals surface area contributed by atoms with Crippen LogP contribution in [0.4, 0.5) is 0 Å². The number of carbonyl (C=O) groups is 2. The van der Waals surface area contributed by atoms with Crippen molar-refractivity contribution >= 4 is 11.8 Å². The molecule has 1 aromatic heterocycles. The van der Waals surface area contributed by atoms with Gasteiger partial charge in [-0.15, -0.1) is 0 Å². The van der Waals surface area contributed by atoms with Gasteiger partial charge in [-0.3, -0.25) is 9.59 Å². The van der Waals surface area contributed by atoms with Gasteiger partial charge in [-0.25, -0.2) is 4.98 Å². The number of fused-ring (bicyclic) bond motifs is 1. The van der Waals surface area contributed by atoms with E-state index in [-0.39, 0.29) is 24.9 Å². The van der Waals surface area contributed by atoms with Crippen LogP contribution in [0.1, 0.15) is 49.9 Å². The lowest BCUT2D eigenvalue weighted by atomic mass is 9.86. The monoisotopic (exact) mass is 364 g/mol. The maximum atomic E-state index is 12.5. The lowest BCUT2D eigenvalue weighted by Crippen LogP contribution is -2.72. The Labute approximate surface area is 153 Å². The molecule has 3 heterocycles. The van der Waals surface area contributed by atoms with Crippen LogP contribution in [-0.4, -0.2) is 68.8 Å². The lowest BCUT2D eigenvalue weighted by Gasteiger charge is -2.50. The molecule has 144 valence electrons.